The summed E-state index contributed by atoms with van der Waals surface area (Å²) >= 11 is 0. The van der Waals surface area contributed by atoms with Gasteiger partial charge in [0.05, 0.1) is 12.8 Å². The number of benzene rings is 1. The van der Waals surface area contributed by atoms with Gasteiger partial charge in [-0.3, -0.25) is 4.79 Å². The highest BCUT2D eigenvalue weighted by atomic mass is 16.5. The summed E-state index contributed by atoms with van der Waals surface area (Å²) in [5.41, 5.74) is 0.894. The Kier molecular flexibility index (Phi) is 3.13. The molecule has 1 aliphatic heterocycles. The van der Waals surface area contributed by atoms with Crippen LogP contribution in [0.5, 0.6) is 5.75 Å². The molecule has 3 heteroatoms. The fourth-order valence-electron chi connectivity index (χ4n) is 2.21. The number of nitrogens with zero attached hydrogens (tertiary/aromatic N) is 1. The first-order chi connectivity index (χ1) is 7.77. The topological polar surface area (TPSA) is 29.5 Å². The number of anilines is 1. The van der Waals surface area contributed by atoms with Crippen LogP contribution in [0.25, 0.3) is 0 Å². The number of ether oxygens (including phenoxy) is 1. The Morgan fingerprint density at radius 3 is 2.81 bits per heavy atom. The molecule has 1 fully saturated rings. The molecule has 0 aromatic heterocycles. The quantitative estimate of drug-likeness (QED) is 0.781. The lowest BCUT2D eigenvalue weighted by molar-refractivity contribution is -0.120. The van der Waals surface area contributed by atoms with Gasteiger partial charge < -0.3 is 9.64 Å². The first kappa shape index (κ1) is 11.0. The minimum atomic E-state index is 0.185. The maximum absolute atomic E-state index is 12.1. The van der Waals surface area contributed by atoms with Crippen molar-refractivity contribution in [2.24, 2.45) is 5.92 Å². The van der Waals surface area contributed by atoms with Crippen LogP contribution >= 0.6 is 0 Å². The van der Waals surface area contributed by atoms with Crippen molar-refractivity contribution in [2.45, 2.75) is 19.8 Å². The average molecular weight is 219 g/mol. The van der Waals surface area contributed by atoms with Gasteiger partial charge in [0.25, 0.3) is 0 Å². The van der Waals surface area contributed by atoms with Crippen molar-refractivity contribution in [3.05, 3.63) is 24.3 Å². The van der Waals surface area contributed by atoms with E-state index < -0.39 is 0 Å². The molecule has 1 aromatic rings. The molecule has 16 heavy (non-hydrogen) atoms. The second kappa shape index (κ2) is 4.56. The Balaban J connectivity index is 2.28. The highest BCUT2D eigenvalue weighted by molar-refractivity contribution is 5.98. The molecule has 1 aliphatic rings. The van der Waals surface area contributed by atoms with Crippen molar-refractivity contribution in [1.29, 1.82) is 0 Å². The minimum absolute atomic E-state index is 0.185. The van der Waals surface area contributed by atoms with E-state index in [1.54, 1.807) is 7.11 Å². The second-order valence-electron chi connectivity index (χ2n) is 4.06. The largest absolute Gasteiger partial charge is 0.495 e. The van der Waals surface area contributed by atoms with Crippen LogP contribution in [0.1, 0.15) is 19.8 Å². The molecule has 86 valence electrons. The van der Waals surface area contributed by atoms with Gasteiger partial charge in [-0.05, 0) is 25.0 Å². The third kappa shape index (κ3) is 1.77. The molecule has 0 saturated carbocycles. The van der Waals surface area contributed by atoms with E-state index >= 15 is 0 Å². The highest BCUT2D eigenvalue weighted by Gasteiger charge is 2.32. The van der Waals surface area contributed by atoms with E-state index in [4.69, 9.17) is 4.74 Å². The van der Waals surface area contributed by atoms with E-state index in [1.165, 1.54) is 0 Å². The van der Waals surface area contributed by atoms with Crippen LogP contribution in [0.3, 0.4) is 0 Å². The first-order valence-corrected chi connectivity index (χ1v) is 5.72. The van der Waals surface area contributed by atoms with E-state index in [0.29, 0.717) is 0 Å². The van der Waals surface area contributed by atoms with E-state index in [2.05, 4.69) is 6.92 Å². The number of carbonyl (C=O) groups excluding carboxylic acids is 1. The van der Waals surface area contributed by atoms with E-state index in [-0.39, 0.29) is 11.8 Å². The third-order valence-corrected chi connectivity index (χ3v) is 3.19. The predicted molar refractivity (Wildman–Crippen MR) is 63.7 cm³/mol. The maximum atomic E-state index is 12.1. The summed E-state index contributed by atoms with van der Waals surface area (Å²) < 4.78 is 5.28. The van der Waals surface area contributed by atoms with Crippen LogP contribution in [-0.4, -0.2) is 19.6 Å². The highest BCUT2D eigenvalue weighted by Crippen LogP contribution is 2.33. The van der Waals surface area contributed by atoms with Crippen molar-refractivity contribution in [2.75, 3.05) is 18.6 Å². The predicted octanol–water partition coefficient (Wildman–Crippen LogP) is 2.46. The Morgan fingerprint density at radius 1 is 1.44 bits per heavy atom. The third-order valence-electron chi connectivity index (χ3n) is 3.19. The molecule has 1 heterocycles. The Hall–Kier alpha value is -1.51. The number of hydrogen-bond acceptors (Lipinski definition) is 2. The summed E-state index contributed by atoms with van der Waals surface area (Å²) in [5.74, 6) is 1.18. The van der Waals surface area contributed by atoms with Crippen molar-refractivity contribution in [1.82, 2.24) is 0 Å². The fraction of sp³-hybridized carbons (Fsp3) is 0.462. The summed E-state index contributed by atoms with van der Waals surface area (Å²) in [6.07, 6.45) is 1.87. The van der Waals surface area contributed by atoms with Crippen molar-refractivity contribution < 1.29 is 9.53 Å². The Bertz CT molecular complexity index is 389. The molecular weight excluding hydrogens is 202 g/mol. The maximum Gasteiger partial charge on any atom is 0.230 e. The standard InChI is InChI=1S/C13H17NO2/c1-3-10-8-9-14(13(10)15)11-6-4-5-7-12(11)16-2/h4-7,10H,3,8-9H2,1-2H3. The number of carbonyl (C=O) groups is 1. The lowest BCUT2D eigenvalue weighted by Gasteiger charge is -2.19. The number of rotatable bonds is 3. The molecule has 3 nitrogen and oxygen atoms in total. The SMILES string of the molecule is CCC1CCN(c2ccccc2OC)C1=O. The molecule has 1 aromatic carbocycles. The summed E-state index contributed by atoms with van der Waals surface area (Å²) in [5, 5.41) is 0. The zero-order chi connectivity index (χ0) is 11.5. The van der Waals surface area contributed by atoms with Crippen LogP contribution in [0.2, 0.25) is 0 Å². The monoisotopic (exact) mass is 219 g/mol. The lowest BCUT2D eigenvalue weighted by Crippen LogP contribution is -2.27. The van der Waals surface area contributed by atoms with Crippen LogP contribution in [-0.2, 0) is 4.79 Å². The summed E-state index contributed by atoms with van der Waals surface area (Å²) in [6.45, 7) is 2.87. The molecule has 0 radical (unpaired) electrons. The van der Waals surface area contributed by atoms with Crippen LogP contribution in [0.15, 0.2) is 24.3 Å². The molecule has 0 aliphatic carbocycles. The molecule has 0 spiro atoms. The van der Waals surface area contributed by atoms with Crippen LogP contribution < -0.4 is 9.64 Å². The van der Waals surface area contributed by atoms with Gasteiger partial charge in [-0.25, -0.2) is 0 Å². The smallest absolute Gasteiger partial charge is 0.230 e. The van der Waals surface area contributed by atoms with Crippen molar-refractivity contribution in [3.63, 3.8) is 0 Å². The van der Waals surface area contributed by atoms with Gasteiger partial charge in [-0.2, -0.15) is 0 Å². The van der Waals surface area contributed by atoms with Gasteiger partial charge in [0.15, 0.2) is 0 Å². The van der Waals surface area contributed by atoms with Gasteiger partial charge >= 0.3 is 0 Å². The Labute approximate surface area is 96.0 Å². The second-order valence-corrected chi connectivity index (χ2v) is 4.06. The van der Waals surface area contributed by atoms with Gasteiger partial charge in [0.1, 0.15) is 5.75 Å². The molecule has 1 unspecified atom stereocenters. The fourth-order valence-corrected chi connectivity index (χ4v) is 2.21. The molecule has 1 atom stereocenters. The number of para-hydroxylation sites is 2. The van der Waals surface area contributed by atoms with Crippen LogP contribution in [0, 0.1) is 5.92 Å². The van der Waals surface area contributed by atoms with E-state index in [0.717, 1.165) is 30.8 Å². The van der Waals surface area contributed by atoms with E-state index in [9.17, 15) is 4.79 Å². The van der Waals surface area contributed by atoms with Crippen molar-refractivity contribution in [3.8, 4) is 5.75 Å². The molecule has 1 amide bonds. The zero-order valence-electron chi connectivity index (χ0n) is 9.77. The normalized spacial score (nSPS) is 20.2. The van der Waals surface area contributed by atoms with Gasteiger partial charge in [-0.15, -0.1) is 0 Å². The van der Waals surface area contributed by atoms with Gasteiger partial charge in [-0.1, -0.05) is 19.1 Å². The number of amides is 1. The number of methoxy groups -OCH3 is 1. The summed E-state index contributed by atoms with van der Waals surface area (Å²) in [6, 6.07) is 7.68. The summed E-state index contributed by atoms with van der Waals surface area (Å²) in [7, 11) is 1.64. The average Bonchev–Trinajstić information content (AvgIpc) is 2.70. The molecule has 0 bridgehead atoms. The Morgan fingerprint density at radius 2 is 2.19 bits per heavy atom. The molecule has 2 rings (SSSR count). The first-order valence-electron chi connectivity index (χ1n) is 5.72. The van der Waals surface area contributed by atoms with Gasteiger partial charge in [0.2, 0.25) is 5.91 Å². The minimum Gasteiger partial charge on any atom is -0.495 e. The van der Waals surface area contributed by atoms with Gasteiger partial charge in [0, 0.05) is 12.5 Å². The molecular formula is C13H17NO2. The zero-order valence-corrected chi connectivity index (χ0v) is 9.77. The molecule has 1 saturated heterocycles. The molecule has 0 N–H and O–H groups in total. The van der Waals surface area contributed by atoms with Crippen LogP contribution in [0.4, 0.5) is 5.69 Å². The summed E-state index contributed by atoms with van der Waals surface area (Å²) in [4.78, 5) is 13.9. The van der Waals surface area contributed by atoms with Crippen molar-refractivity contribution >= 4 is 11.6 Å². The van der Waals surface area contributed by atoms with E-state index in [1.807, 2.05) is 29.2 Å². The lowest BCUT2D eigenvalue weighted by atomic mass is 10.1. The number of hydrogen-bond donors (Lipinski definition) is 0.